The fraction of sp³-hybridized carbons (Fsp3) is 0.533. The van der Waals surface area contributed by atoms with Crippen molar-refractivity contribution in [3.8, 4) is 0 Å². The van der Waals surface area contributed by atoms with Gasteiger partial charge in [-0.15, -0.1) is 0 Å². The lowest BCUT2D eigenvalue weighted by atomic mass is 9.72. The number of hydrogen-bond acceptors (Lipinski definition) is 3. The van der Waals surface area contributed by atoms with Crippen LogP contribution in [0.2, 0.25) is 0 Å². The van der Waals surface area contributed by atoms with Gasteiger partial charge in [0.1, 0.15) is 0 Å². The smallest absolute Gasteiger partial charge is 0.251 e. The van der Waals surface area contributed by atoms with Gasteiger partial charge in [0, 0.05) is 24.1 Å². The molecule has 2 aliphatic rings. The van der Waals surface area contributed by atoms with Crippen LogP contribution in [0.25, 0.3) is 0 Å². The van der Waals surface area contributed by atoms with Crippen LogP contribution < -0.4 is 11.1 Å². The third-order valence-electron chi connectivity index (χ3n) is 4.23. The maximum atomic E-state index is 12.3. The number of hydrogen-bond donors (Lipinski definition) is 2. The summed E-state index contributed by atoms with van der Waals surface area (Å²) < 4.78 is 5.62. The molecule has 1 aliphatic carbocycles. The summed E-state index contributed by atoms with van der Waals surface area (Å²) in [4.78, 5) is 12.3. The second-order valence-electron chi connectivity index (χ2n) is 5.74. The lowest BCUT2D eigenvalue weighted by Gasteiger charge is -2.45. The van der Waals surface area contributed by atoms with Crippen LogP contribution in [-0.4, -0.2) is 30.7 Å². The molecule has 4 nitrogen and oxygen atoms in total. The summed E-state index contributed by atoms with van der Waals surface area (Å²) in [5.41, 5.74) is 8.99. The van der Waals surface area contributed by atoms with Crippen molar-refractivity contribution in [2.45, 2.75) is 38.5 Å². The van der Waals surface area contributed by atoms with Crippen LogP contribution in [0.1, 0.15) is 27.9 Å². The molecule has 3 N–H and O–H groups in total. The van der Waals surface area contributed by atoms with Gasteiger partial charge in [-0.1, -0.05) is 17.2 Å². The zero-order chi connectivity index (χ0) is 13.6. The van der Waals surface area contributed by atoms with E-state index in [4.69, 9.17) is 10.5 Å². The summed E-state index contributed by atoms with van der Waals surface area (Å²) in [6.45, 7) is 4.75. The Morgan fingerprint density at radius 3 is 2.68 bits per heavy atom. The molecule has 0 bridgehead atoms. The average molecular weight is 260 g/mol. The number of amides is 1. The fourth-order valence-electron chi connectivity index (χ4n) is 3.27. The highest BCUT2D eigenvalue weighted by Crippen LogP contribution is 2.37. The second-order valence-corrected chi connectivity index (χ2v) is 5.74. The third-order valence-corrected chi connectivity index (χ3v) is 4.23. The van der Waals surface area contributed by atoms with E-state index in [9.17, 15) is 4.79 Å². The maximum absolute atomic E-state index is 12.3. The number of carbonyl (C=O) groups is 1. The molecule has 1 aromatic rings. The van der Waals surface area contributed by atoms with Crippen LogP contribution in [0.3, 0.4) is 0 Å². The van der Waals surface area contributed by atoms with E-state index in [2.05, 4.69) is 11.4 Å². The van der Waals surface area contributed by atoms with E-state index in [-0.39, 0.29) is 24.1 Å². The van der Waals surface area contributed by atoms with Crippen LogP contribution in [0, 0.1) is 19.8 Å². The normalized spacial score (nSPS) is 32.6. The summed E-state index contributed by atoms with van der Waals surface area (Å²) in [5.74, 6) is 0.366. The summed E-state index contributed by atoms with van der Waals surface area (Å²) in [7, 11) is 0. The number of benzene rings is 1. The Morgan fingerprint density at radius 1 is 1.32 bits per heavy atom. The van der Waals surface area contributed by atoms with E-state index in [0.29, 0.717) is 11.5 Å². The third kappa shape index (κ3) is 2.15. The molecule has 4 unspecified atom stereocenters. The Bertz CT molecular complexity index is 495. The summed E-state index contributed by atoms with van der Waals surface area (Å²) in [6.07, 6.45) is 1.13. The first kappa shape index (κ1) is 12.6. The van der Waals surface area contributed by atoms with Crippen molar-refractivity contribution in [3.05, 3.63) is 34.9 Å². The zero-order valence-corrected chi connectivity index (χ0v) is 11.3. The molecule has 4 atom stereocenters. The molecule has 0 radical (unpaired) electrons. The molecule has 0 aromatic heterocycles. The van der Waals surface area contributed by atoms with Gasteiger partial charge in [0.25, 0.3) is 5.91 Å². The molecule has 1 aromatic carbocycles. The Morgan fingerprint density at radius 2 is 2.00 bits per heavy atom. The van der Waals surface area contributed by atoms with E-state index in [1.165, 1.54) is 0 Å². The standard InChI is InChI=1S/C15H20N2O2/c1-8-5-9(2)7-10(6-8)15(18)17-13-12(16)11-3-4-19-14(11)13/h5-7,11-14H,3-4,16H2,1-2H3,(H,17,18). The van der Waals surface area contributed by atoms with Crippen molar-refractivity contribution in [2.75, 3.05) is 6.61 Å². The molecule has 1 amide bonds. The Hall–Kier alpha value is -1.39. The van der Waals surface area contributed by atoms with E-state index >= 15 is 0 Å². The van der Waals surface area contributed by atoms with Crippen LogP contribution in [0.4, 0.5) is 0 Å². The number of fused-ring (bicyclic) bond motifs is 1. The highest BCUT2D eigenvalue weighted by molar-refractivity contribution is 5.95. The minimum atomic E-state index is -0.0544. The largest absolute Gasteiger partial charge is 0.376 e. The average Bonchev–Trinajstić information content (AvgIpc) is 2.79. The molecule has 0 spiro atoms. The van der Waals surface area contributed by atoms with Gasteiger partial charge in [-0.2, -0.15) is 0 Å². The Labute approximate surface area is 113 Å². The van der Waals surface area contributed by atoms with Crippen LogP contribution in [-0.2, 0) is 4.74 Å². The Balaban J connectivity index is 1.71. The monoisotopic (exact) mass is 260 g/mol. The number of aryl methyl sites for hydroxylation is 2. The first-order valence-corrected chi connectivity index (χ1v) is 6.82. The molecule has 19 heavy (non-hydrogen) atoms. The van der Waals surface area contributed by atoms with Crippen LogP contribution in [0.5, 0.6) is 0 Å². The molecule has 102 valence electrons. The van der Waals surface area contributed by atoms with Gasteiger partial charge < -0.3 is 15.8 Å². The molecular formula is C15H20N2O2. The zero-order valence-electron chi connectivity index (χ0n) is 11.3. The highest BCUT2D eigenvalue weighted by atomic mass is 16.5. The lowest BCUT2D eigenvalue weighted by molar-refractivity contribution is -0.0161. The number of rotatable bonds is 2. The van der Waals surface area contributed by atoms with Gasteiger partial charge in [-0.3, -0.25) is 4.79 Å². The summed E-state index contributed by atoms with van der Waals surface area (Å²) >= 11 is 0. The summed E-state index contributed by atoms with van der Waals surface area (Å²) in [5, 5.41) is 3.02. The number of carbonyl (C=O) groups excluding carboxylic acids is 1. The molecule has 1 aliphatic heterocycles. The topological polar surface area (TPSA) is 64.4 Å². The quantitative estimate of drug-likeness (QED) is 0.838. The molecule has 3 rings (SSSR count). The molecule has 4 heteroatoms. The van der Waals surface area contributed by atoms with Crippen molar-refractivity contribution in [2.24, 2.45) is 11.7 Å². The molecule has 2 fully saturated rings. The number of ether oxygens (including phenoxy) is 1. The minimum absolute atomic E-state index is 0.0300. The first-order chi connectivity index (χ1) is 9.06. The molecule has 1 saturated carbocycles. The van der Waals surface area contributed by atoms with Crippen molar-refractivity contribution in [3.63, 3.8) is 0 Å². The van der Waals surface area contributed by atoms with Gasteiger partial charge in [-0.25, -0.2) is 0 Å². The van der Waals surface area contributed by atoms with Crippen molar-refractivity contribution < 1.29 is 9.53 Å². The van der Waals surface area contributed by atoms with E-state index < -0.39 is 0 Å². The van der Waals surface area contributed by atoms with E-state index in [1.54, 1.807) is 0 Å². The van der Waals surface area contributed by atoms with Gasteiger partial charge in [0.05, 0.1) is 12.1 Å². The van der Waals surface area contributed by atoms with Crippen molar-refractivity contribution >= 4 is 5.91 Å². The van der Waals surface area contributed by atoms with Crippen LogP contribution in [0.15, 0.2) is 18.2 Å². The van der Waals surface area contributed by atoms with Gasteiger partial charge in [0.15, 0.2) is 0 Å². The van der Waals surface area contributed by atoms with Crippen molar-refractivity contribution in [1.29, 1.82) is 0 Å². The maximum Gasteiger partial charge on any atom is 0.251 e. The predicted molar refractivity (Wildman–Crippen MR) is 73.0 cm³/mol. The summed E-state index contributed by atoms with van der Waals surface area (Å²) in [6, 6.07) is 5.85. The van der Waals surface area contributed by atoms with Gasteiger partial charge in [0.2, 0.25) is 0 Å². The molecular weight excluding hydrogens is 240 g/mol. The minimum Gasteiger partial charge on any atom is -0.376 e. The van der Waals surface area contributed by atoms with E-state index in [1.807, 2.05) is 26.0 Å². The number of nitrogens with one attached hydrogen (secondary N) is 1. The van der Waals surface area contributed by atoms with Gasteiger partial charge in [-0.05, 0) is 32.4 Å². The predicted octanol–water partition coefficient (Wildman–Crippen LogP) is 1.15. The fourth-order valence-corrected chi connectivity index (χ4v) is 3.27. The SMILES string of the molecule is Cc1cc(C)cc(C(=O)NC2C(N)C3CCOC32)c1. The molecule has 1 heterocycles. The number of nitrogens with two attached hydrogens (primary N) is 1. The molecule has 1 saturated heterocycles. The lowest BCUT2D eigenvalue weighted by Crippen LogP contribution is -2.68. The highest BCUT2D eigenvalue weighted by Gasteiger charge is 2.52. The first-order valence-electron chi connectivity index (χ1n) is 6.82. The van der Waals surface area contributed by atoms with Gasteiger partial charge >= 0.3 is 0 Å². The van der Waals surface area contributed by atoms with E-state index in [0.717, 1.165) is 24.2 Å². The van der Waals surface area contributed by atoms with Crippen molar-refractivity contribution in [1.82, 2.24) is 5.32 Å². The Kier molecular flexibility index (Phi) is 3.07. The van der Waals surface area contributed by atoms with Crippen LogP contribution >= 0.6 is 0 Å². The second kappa shape index (κ2) is 4.62.